The normalized spacial score (nSPS) is 16.9. The van der Waals surface area contributed by atoms with Crippen LogP contribution in [0.1, 0.15) is 53.0 Å². The Morgan fingerprint density at radius 3 is 1.86 bits per heavy atom. The summed E-state index contributed by atoms with van der Waals surface area (Å²) in [7, 11) is -2.61. The van der Waals surface area contributed by atoms with Crippen molar-refractivity contribution in [3.05, 3.63) is 35.9 Å². The van der Waals surface area contributed by atoms with Gasteiger partial charge >= 0.3 is 6.18 Å². The molecular formula is C22H37F3O3Si. The van der Waals surface area contributed by atoms with Crippen LogP contribution in [0.15, 0.2) is 30.3 Å². The van der Waals surface area contributed by atoms with E-state index in [1.54, 1.807) is 63.8 Å². The molecule has 1 saturated heterocycles. The maximum Gasteiger partial charge on any atom is 0.423 e. The molecule has 0 radical (unpaired) electrons. The van der Waals surface area contributed by atoms with E-state index < -0.39 is 37.7 Å². The van der Waals surface area contributed by atoms with Crippen molar-refractivity contribution in [2.75, 3.05) is 13.2 Å². The van der Waals surface area contributed by atoms with Crippen LogP contribution in [0.2, 0.25) is 19.6 Å². The van der Waals surface area contributed by atoms with Gasteiger partial charge in [0.1, 0.15) is 0 Å². The minimum absolute atomic E-state index is 0. The molecule has 1 aliphatic heterocycles. The van der Waals surface area contributed by atoms with Crippen molar-refractivity contribution in [3.8, 4) is 0 Å². The molecule has 0 aromatic heterocycles. The van der Waals surface area contributed by atoms with E-state index in [4.69, 9.17) is 9.16 Å². The third-order valence-electron chi connectivity index (χ3n) is 4.58. The first-order valence-corrected chi connectivity index (χ1v) is 13.0. The lowest BCUT2D eigenvalue weighted by atomic mass is 9.74. The van der Waals surface area contributed by atoms with Gasteiger partial charge in [0.2, 0.25) is 5.60 Å². The molecule has 2 rings (SSSR count). The van der Waals surface area contributed by atoms with E-state index >= 15 is 0 Å². The van der Waals surface area contributed by atoms with E-state index in [2.05, 4.69) is 0 Å². The minimum Gasteiger partial charge on any atom is -0.398 e. The summed E-state index contributed by atoms with van der Waals surface area (Å²) in [4.78, 5) is 12.1. The number of benzene rings is 1. The summed E-state index contributed by atoms with van der Waals surface area (Å²) in [5.41, 5.74) is -2.88. The molecule has 1 atom stereocenters. The fraction of sp³-hybridized carbons (Fsp3) is 0.682. The molecule has 0 aliphatic carbocycles. The van der Waals surface area contributed by atoms with Crippen LogP contribution < -0.4 is 0 Å². The molecule has 0 bridgehead atoms. The van der Waals surface area contributed by atoms with E-state index in [9.17, 15) is 18.0 Å². The molecule has 0 saturated carbocycles. The van der Waals surface area contributed by atoms with Gasteiger partial charge in [0.05, 0.1) is 0 Å². The van der Waals surface area contributed by atoms with Gasteiger partial charge in [-0.25, -0.2) is 0 Å². The summed E-state index contributed by atoms with van der Waals surface area (Å²) in [5, 5.41) is 0. The van der Waals surface area contributed by atoms with E-state index in [1.807, 2.05) is 0 Å². The highest BCUT2D eigenvalue weighted by molar-refractivity contribution is 6.70. The Hall–Kier alpha value is -1.18. The Balaban J connectivity index is 0.00000113. The molecule has 0 N–H and O–H groups in total. The Bertz CT molecular complexity index is 613. The van der Waals surface area contributed by atoms with Gasteiger partial charge in [-0.3, -0.25) is 4.79 Å². The summed E-state index contributed by atoms with van der Waals surface area (Å²) in [5.74, 6) is -0.989. The number of halogens is 3. The van der Waals surface area contributed by atoms with Crippen molar-refractivity contribution in [2.45, 2.75) is 84.3 Å². The number of alkyl halides is 3. The number of ketones is 1. The van der Waals surface area contributed by atoms with Gasteiger partial charge in [-0.1, -0.05) is 51.6 Å². The van der Waals surface area contributed by atoms with Crippen LogP contribution >= 0.6 is 0 Å². The van der Waals surface area contributed by atoms with Gasteiger partial charge in [0, 0.05) is 19.6 Å². The first-order valence-electron chi connectivity index (χ1n) is 9.62. The Morgan fingerprint density at radius 2 is 1.55 bits per heavy atom. The summed E-state index contributed by atoms with van der Waals surface area (Å²) >= 11 is 0. The largest absolute Gasteiger partial charge is 0.423 e. The monoisotopic (exact) mass is 434 g/mol. The van der Waals surface area contributed by atoms with Crippen molar-refractivity contribution >= 4 is 14.1 Å². The number of carbonyl (C=O) groups excluding carboxylic acids is 1. The van der Waals surface area contributed by atoms with Crippen LogP contribution in [0, 0.1) is 0 Å². The molecule has 1 aromatic carbocycles. The fourth-order valence-corrected chi connectivity index (χ4v) is 4.61. The Morgan fingerprint density at radius 1 is 1.07 bits per heavy atom. The standard InChI is InChI=1S/C17H25F3O2Si.C4H8O.CH4/c1-13(21)16(17(18,19)20,22-23(4,5)6)12-15(2,3)14-10-8-7-9-11-14;1-2-4-5-3-1;/h7-11H,12H2,1-6H3;1-4H2;1H4/t16-;;/m0../s1. The van der Waals surface area contributed by atoms with E-state index in [0.717, 1.165) is 25.7 Å². The quantitative estimate of drug-likeness (QED) is 0.478. The second-order valence-corrected chi connectivity index (χ2v) is 13.3. The number of carbonyl (C=O) groups is 1. The van der Waals surface area contributed by atoms with E-state index in [0.29, 0.717) is 0 Å². The van der Waals surface area contributed by atoms with Gasteiger partial charge in [-0.05, 0) is 50.4 Å². The van der Waals surface area contributed by atoms with Crippen LogP contribution in [0.4, 0.5) is 13.2 Å². The predicted molar refractivity (Wildman–Crippen MR) is 115 cm³/mol. The summed E-state index contributed by atoms with van der Waals surface area (Å²) in [6, 6.07) is 8.91. The van der Waals surface area contributed by atoms with Crippen LogP contribution in [-0.4, -0.2) is 39.1 Å². The molecule has 168 valence electrons. The highest BCUT2D eigenvalue weighted by Crippen LogP contribution is 2.45. The molecule has 1 heterocycles. The predicted octanol–water partition coefficient (Wildman–Crippen LogP) is 6.53. The Kier molecular flexibility index (Phi) is 10.3. The van der Waals surface area contributed by atoms with Gasteiger partial charge in [0.25, 0.3) is 0 Å². The molecule has 1 aromatic rings. The molecule has 1 aliphatic rings. The van der Waals surface area contributed by atoms with Crippen LogP contribution in [0.5, 0.6) is 0 Å². The van der Waals surface area contributed by atoms with Crippen LogP contribution in [0.3, 0.4) is 0 Å². The molecule has 0 spiro atoms. The second kappa shape index (κ2) is 10.7. The molecule has 0 unspecified atom stereocenters. The summed E-state index contributed by atoms with van der Waals surface area (Å²) < 4.78 is 52.1. The van der Waals surface area contributed by atoms with Crippen molar-refractivity contribution in [1.82, 2.24) is 0 Å². The molecule has 29 heavy (non-hydrogen) atoms. The SMILES string of the molecule is C.C1CCOC1.CC(=O)[C@](CC(C)(C)c1ccccc1)(O[Si](C)(C)C)C(F)(F)F. The number of rotatable bonds is 6. The minimum atomic E-state index is -4.76. The zero-order valence-corrected chi connectivity index (χ0v) is 18.8. The van der Waals surface area contributed by atoms with Gasteiger partial charge in [-0.2, -0.15) is 13.2 Å². The first kappa shape index (κ1) is 27.8. The second-order valence-electron chi connectivity index (χ2n) is 8.84. The maximum atomic E-state index is 13.9. The first-order chi connectivity index (χ1) is 12.7. The molecule has 3 nitrogen and oxygen atoms in total. The number of ether oxygens (including phenoxy) is 1. The molecular weight excluding hydrogens is 397 g/mol. The zero-order valence-electron chi connectivity index (χ0n) is 17.8. The maximum absolute atomic E-state index is 13.9. The topological polar surface area (TPSA) is 35.5 Å². The van der Waals surface area contributed by atoms with Crippen molar-refractivity contribution in [3.63, 3.8) is 0 Å². The summed E-state index contributed by atoms with van der Waals surface area (Å²) in [6.45, 7) is 11.4. The molecule has 7 heteroatoms. The highest BCUT2D eigenvalue weighted by atomic mass is 28.4. The summed E-state index contributed by atoms with van der Waals surface area (Å²) in [6.07, 6.45) is -2.64. The molecule has 0 amide bonds. The third kappa shape index (κ3) is 8.22. The van der Waals surface area contributed by atoms with Crippen molar-refractivity contribution < 1.29 is 27.1 Å². The van der Waals surface area contributed by atoms with Gasteiger partial charge in [0.15, 0.2) is 14.1 Å². The van der Waals surface area contributed by atoms with Gasteiger partial charge in [-0.15, -0.1) is 0 Å². The average Bonchev–Trinajstić information content (AvgIpc) is 3.12. The molecule has 1 fully saturated rings. The van der Waals surface area contributed by atoms with Crippen molar-refractivity contribution in [1.29, 1.82) is 0 Å². The average molecular weight is 435 g/mol. The van der Waals surface area contributed by atoms with Gasteiger partial charge < -0.3 is 9.16 Å². The third-order valence-corrected chi connectivity index (χ3v) is 5.54. The lowest BCUT2D eigenvalue weighted by molar-refractivity contribution is -0.248. The fourth-order valence-electron chi connectivity index (χ4n) is 3.24. The Labute approximate surface area is 175 Å². The van der Waals surface area contributed by atoms with E-state index in [1.165, 1.54) is 12.8 Å². The van der Waals surface area contributed by atoms with Crippen molar-refractivity contribution in [2.24, 2.45) is 0 Å². The number of Topliss-reactive ketones (excluding diaryl/α,β-unsaturated/α-hetero) is 1. The highest BCUT2D eigenvalue weighted by Gasteiger charge is 2.62. The van der Waals surface area contributed by atoms with Crippen LogP contribution in [-0.2, 0) is 19.4 Å². The van der Waals surface area contributed by atoms with Crippen LogP contribution in [0.25, 0.3) is 0 Å². The zero-order chi connectivity index (χ0) is 21.6. The lowest BCUT2D eigenvalue weighted by Crippen LogP contribution is -2.60. The smallest absolute Gasteiger partial charge is 0.398 e. The van der Waals surface area contributed by atoms with E-state index in [-0.39, 0.29) is 7.43 Å². The number of hydrogen-bond donors (Lipinski definition) is 0. The lowest BCUT2D eigenvalue weighted by Gasteiger charge is -2.43. The number of hydrogen-bond acceptors (Lipinski definition) is 3.